The van der Waals surface area contributed by atoms with E-state index < -0.39 is 11.7 Å². The zero-order valence-corrected chi connectivity index (χ0v) is 18.3. The Hall–Kier alpha value is -3.36. The minimum Gasteiger partial charge on any atom is -0.491 e. The summed E-state index contributed by atoms with van der Waals surface area (Å²) in [5.74, 6) is 0.612. The fourth-order valence-electron chi connectivity index (χ4n) is 3.26. The highest BCUT2D eigenvalue weighted by atomic mass is 19.4. The minimum absolute atomic E-state index is 0.114. The molecule has 0 radical (unpaired) electrons. The Bertz CT molecular complexity index is 1080. The number of para-hydroxylation sites is 1. The smallest absolute Gasteiger partial charge is 0.417 e. The summed E-state index contributed by atoms with van der Waals surface area (Å²) in [6, 6.07) is 9.82. The van der Waals surface area contributed by atoms with Crippen molar-refractivity contribution in [2.24, 2.45) is 0 Å². The monoisotopic (exact) mass is 446 g/mol. The molecule has 170 valence electrons. The molecule has 32 heavy (non-hydrogen) atoms. The molecule has 3 aromatic rings. The maximum atomic E-state index is 13.1. The van der Waals surface area contributed by atoms with Gasteiger partial charge in [-0.15, -0.1) is 0 Å². The number of ether oxygens (including phenoxy) is 1. The summed E-state index contributed by atoms with van der Waals surface area (Å²) in [6.07, 6.45) is -2.28. The van der Waals surface area contributed by atoms with Crippen LogP contribution in [0.4, 0.5) is 13.2 Å². The van der Waals surface area contributed by atoms with E-state index in [-0.39, 0.29) is 17.6 Å². The highest BCUT2D eigenvalue weighted by Crippen LogP contribution is 2.29. The van der Waals surface area contributed by atoms with Gasteiger partial charge in [-0.25, -0.2) is 9.67 Å². The fraction of sp³-hybridized carbons (Fsp3) is 0.348. The van der Waals surface area contributed by atoms with Gasteiger partial charge in [0.1, 0.15) is 12.4 Å². The zero-order chi connectivity index (χ0) is 23.5. The molecular weight excluding hydrogens is 421 g/mol. The lowest BCUT2D eigenvalue weighted by molar-refractivity contribution is -0.137. The SMILES string of the molecule is Cc1ccccc1OCCN(C)C(=O)c1cnn(-c2ccc(C(F)(F)F)cn2)c1C(C)C. The molecule has 0 aliphatic carbocycles. The van der Waals surface area contributed by atoms with Crippen molar-refractivity contribution >= 4 is 5.91 Å². The van der Waals surface area contributed by atoms with Crippen molar-refractivity contribution in [3.05, 3.63) is 71.2 Å². The highest BCUT2D eigenvalue weighted by Gasteiger charge is 2.31. The first-order valence-corrected chi connectivity index (χ1v) is 10.1. The molecule has 2 aromatic heterocycles. The Kier molecular flexibility index (Phi) is 6.86. The third kappa shape index (κ3) is 5.09. The number of hydrogen-bond acceptors (Lipinski definition) is 4. The van der Waals surface area contributed by atoms with Crippen LogP contribution in [0.3, 0.4) is 0 Å². The van der Waals surface area contributed by atoms with Gasteiger partial charge in [-0.2, -0.15) is 18.3 Å². The summed E-state index contributed by atoms with van der Waals surface area (Å²) in [5.41, 5.74) is 1.12. The van der Waals surface area contributed by atoms with Crippen molar-refractivity contribution in [3.8, 4) is 11.6 Å². The number of pyridine rings is 1. The zero-order valence-electron chi connectivity index (χ0n) is 18.3. The Morgan fingerprint density at radius 2 is 1.88 bits per heavy atom. The number of hydrogen-bond donors (Lipinski definition) is 0. The summed E-state index contributed by atoms with van der Waals surface area (Å²) in [7, 11) is 1.67. The van der Waals surface area contributed by atoms with Crippen LogP contribution < -0.4 is 4.74 Å². The van der Waals surface area contributed by atoms with E-state index in [0.717, 1.165) is 23.6 Å². The van der Waals surface area contributed by atoms with E-state index in [9.17, 15) is 18.0 Å². The number of carbonyl (C=O) groups is 1. The van der Waals surface area contributed by atoms with Crippen LogP contribution >= 0.6 is 0 Å². The summed E-state index contributed by atoms with van der Waals surface area (Å²) in [4.78, 5) is 18.5. The second kappa shape index (κ2) is 9.42. The van der Waals surface area contributed by atoms with Gasteiger partial charge in [0, 0.05) is 13.2 Å². The molecule has 0 aliphatic rings. The van der Waals surface area contributed by atoms with Crippen molar-refractivity contribution in [1.82, 2.24) is 19.7 Å². The largest absolute Gasteiger partial charge is 0.491 e. The lowest BCUT2D eigenvalue weighted by Gasteiger charge is -2.19. The van der Waals surface area contributed by atoms with E-state index in [1.807, 2.05) is 45.0 Å². The minimum atomic E-state index is -4.47. The normalized spacial score (nSPS) is 11.6. The number of carbonyl (C=O) groups excluding carboxylic acids is 1. The molecule has 0 atom stereocenters. The van der Waals surface area contributed by atoms with Crippen LogP contribution in [0.1, 0.15) is 46.9 Å². The van der Waals surface area contributed by atoms with Crippen LogP contribution in [0.2, 0.25) is 0 Å². The van der Waals surface area contributed by atoms with Gasteiger partial charge in [0.25, 0.3) is 5.91 Å². The number of benzene rings is 1. The molecule has 9 heteroatoms. The molecule has 3 rings (SSSR count). The Labute approximate surface area is 184 Å². The van der Waals surface area contributed by atoms with Gasteiger partial charge >= 0.3 is 6.18 Å². The molecule has 0 fully saturated rings. The number of rotatable bonds is 7. The van der Waals surface area contributed by atoms with Gasteiger partial charge < -0.3 is 9.64 Å². The average molecular weight is 446 g/mol. The first-order chi connectivity index (χ1) is 15.1. The maximum absolute atomic E-state index is 13.1. The van der Waals surface area contributed by atoms with Crippen LogP contribution in [0.5, 0.6) is 5.75 Å². The van der Waals surface area contributed by atoms with Crippen molar-refractivity contribution in [2.75, 3.05) is 20.2 Å². The fourth-order valence-corrected chi connectivity index (χ4v) is 3.26. The molecule has 0 N–H and O–H groups in total. The van der Waals surface area contributed by atoms with Gasteiger partial charge in [-0.3, -0.25) is 4.79 Å². The lowest BCUT2D eigenvalue weighted by Crippen LogP contribution is -2.31. The topological polar surface area (TPSA) is 60.2 Å². The van der Waals surface area contributed by atoms with E-state index >= 15 is 0 Å². The summed E-state index contributed by atoms with van der Waals surface area (Å²) in [5, 5.41) is 4.24. The van der Waals surface area contributed by atoms with Gasteiger partial charge in [-0.1, -0.05) is 32.0 Å². The van der Waals surface area contributed by atoms with Crippen LogP contribution in [0, 0.1) is 6.92 Å². The second-order valence-electron chi connectivity index (χ2n) is 7.75. The van der Waals surface area contributed by atoms with Crippen molar-refractivity contribution in [2.45, 2.75) is 32.9 Å². The van der Waals surface area contributed by atoms with Gasteiger partial charge in [-0.05, 0) is 36.6 Å². The van der Waals surface area contributed by atoms with E-state index in [1.165, 1.54) is 21.8 Å². The summed E-state index contributed by atoms with van der Waals surface area (Å²) < 4.78 is 45.7. The first-order valence-electron chi connectivity index (χ1n) is 10.1. The van der Waals surface area contributed by atoms with Crippen LogP contribution in [-0.2, 0) is 6.18 Å². The number of aryl methyl sites for hydroxylation is 1. The molecule has 0 bridgehead atoms. The predicted molar refractivity (Wildman–Crippen MR) is 114 cm³/mol. The molecule has 1 amide bonds. The number of likely N-dealkylation sites (N-methyl/N-ethyl adjacent to an activating group) is 1. The van der Waals surface area contributed by atoms with Gasteiger partial charge in [0.15, 0.2) is 5.82 Å². The van der Waals surface area contributed by atoms with E-state index in [0.29, 0.717) is 24.4 Å². The van der Waals surface area contributed by atoms with E-state index in [1.54, 1.807) is 7.05 Å². The number of halogens is 3. The number of alkyl halides is 3. The first kappa shape index (κ1) is 23.3. The van der Waals surface area contributed by atoms with E-state index in [2.05, 4.69) is 10.1 Å². The number of aromatic nitrogens is 3. The summed E-state index contributed by atoms with van der Waals surface area (Å²) in [6.45, 7) is 6.39. The van der Waals surface area contributed by atoms with Crippen molar-refractivity contribution < 1.29 is 22.7 Å². The van der Waals surface area contributed by atoms with Crippen LogP contribution in [-0.4, -0.2) is 45.8 Å². The standard InChI is InChI=1S/C23H25F3N4O2/c1-15(2)21-18(14-28-30(21)20-10-9-17(13-27-20)23(24,25)26)22(31)29(4)11-12-32-19-8-6-5-7-16(19)3/h5-10,13-15H,11-12H2,1-4H3. The lowest BCUT2D eigenvalue weighted by atomic mass is 10.0. The molecule has 1 aromatic carbocycles. The Morgan fingerprint density at radius 1 is 1.16 bits per heavy atom. The molecule has 0 saturated carbocycles. The van der Waals surface area contributed by atoms with Crippen molar-refractivity contribution in [3.63, 3.8) is 0 Å². The number of amides is 1. The number of nitrogens with zero attached hydrogens (tertiary/aromatic N) is 4. The average Bonchev–Trinajstić information content (AvgIpc) is 3.19. The highest BCUT2D eigenvalue weighted by molar-refractivity contribution is 5.95. The quantitative estimate of drug-likeness (QED) is 0.520. The second-order valence-corrected chi connectivity index (χ2v) is 7.75. The Morgan fingerprint density at radius 3 is 2.47 bits per heavy atom. The molecule has 2 heterocycles. The predicted octanol–water partition coefficient (Wildman–Crippen LogP) is 4.87. The van der Waals surface area contributed by atoms with Gasteiger partial charge in [0.05, 0.1) is 29.6 Å². The van der Waals surface area contributed by atoms with Crippen LogP contribution in [0.25, 0.3) is 5.82 Å². The molecule has 0 aliphatic heterocycles. The van der Waals surface area contributed by atoms with E-state index in [4.69, 9.17) is 4.74 Å². The Balaban J connectivity index is 1.76. The molecule has 0 unspecified atom stereocenters. The maximum Gasteiger partial charge on any atom is 0.417 e. The third-order valence-electron chi connectivity index (χ3n) is 5.00. The van der Waals surface area contributed by atoms with Crippen LogP contribution in [0.15, 0.2) is 48.8 Å². The molecule has 0 spiro atoms. The van der Waals surface area contributed by atoms with Crippen molar-refractivity contribution in [1.29, 1.82) is 0 Å². The van der Waals surface area contributed by atoms with Gasteiger partial charge in [0.2, 0.25) is 0 Å². The molecule has 6 nitrogen and oxygen atoms in total. The molecule has 0 saturated heterocycles. The third-order valence-corrected chi connectivity index (χ3v) is 5.00. The molecular formula is C23H25F3N4O2. The summed E-state index contributed by atoms with van der Waals surface area (Å²) >= 11 is 0.